The number of ether oxygens (including phenoxy) is 1. The predicted molar refractivity (Wildman–Crippen MR) is 84.5 cm³/mol. The minimum Gasteiger partial charge on any atom is -0.459 e. The largest absolute Gasteiger partial charge is 0.459 e. The Morgan fingerprint density at radius 2 is 1.50 bits per heavy atom. The molecule has 0 bridgehead atoms. The number of carbonyl (C=O) groups is 3. The van der Waals surface area contributed by atoms with E-state index in [2.05, 4.69) is 0 Å². The molecule has 2 amide bonds. The van der Waals surface area contributed by atoms with Crippen molar-refractivity contribution in [1.82, 2.24) is 4.90 Å². The van der Waals surface area contributed by atoms with Gasteiger partial charge in [-0.2, -0.15) is 0 Å². The molecule has 2 aromatic rings. The molecule has 1 atom stereocenters. The van der Waals surface area contributed by atoms with Crippen LogP contribution in [0.1, 0.15) is 31.1 Å². The van der Waals surface area contributed by atoms with E-state index < -0.39 is 23.9 Å². The maximum atomic E-state index is 12.2. The Hall–Kier alpha value is -2.99. The number of benzene rings is 2. The number of fused-ring (bicyclic) bond motifs is 1. The summed E-state index contributed by atoms with van der Waals surface area (Å²) in [5.74, 6) is -1.48. The summed E-state index contributed by atoms with van der Waals surface area (Å²) in [4.78, 5) is 37.2. The van der Waals surface area contributed by atoms with Gasteiger partial charge in [0.15, 0.2) is 0 Å². The Labute approximate surface area is 138 Å². The molecule has 0 spiro atoms. The second-order valence-corrected chi connectivity index (χ2v) is 5.38. The second kappa shape index (κ2) is 6.64. The van der Waals surface area contributed by atoms with Gasteiger partial charge in [0.1, 0.15) is 12.7 Å². The van der Waals surface area contributed by atoms with Gasteiger partial charge in [0.05, 0.1) is 23.2 Å². The lowest BCUT2D eigenvalue weighted by Gasteiger charge is -2.18. The molecular formula is C18H15NO5. The van der Waals surface area contributed by atoms with Gasteiger partial charge >= 0.3 is 5.97 Å². The van der Waals surface area contributed by atoms with Crippen LogP contribution in [0.5, 0.6) is 0 Å². The van der Waals surface area contributed by atoms with E-state index in [1.54, 1.807) is 54.6 Å². The molecule has 0 radical (unpaired) electrons. The molecule has 6 nitrogen and oxygen atoms in total. The summed E-state index contributed by atoms with van der Waals surface area (Å²) >= 11 is 0. The summed E-state index contributed by atoms with van der Waals surface area (Å²) in [5, 5.41) is 10.00. The van der Waals surface area contributed by atoms with Gasteiger partial charge < -0.3 is 9.84 Å². The molecular weight excluding hydrogens is 310 g/mol. The molecule has 0 unspecified atom stereocenters. The normalized spacial score (nSPS) is 14.5. The molecule has 0 aromatic heterocycles. The number of hydrogen-bond donors (Lipinski definition) is 1. The summed E-state index contributed by atoms with van der Waals surface area (Å²) in [5.41, 5.74) is 0.998. The predicted octanol–water partition coefficient (Wildman–Crippen LogP) is 1.50. The monoisotopic (exact) mass is 325 g/mol. The number of nitrogens with zero attached hydrogens (tertiary/aromatic N) is 1. The number of aliphatic hydroxyl groups is 1. The third-order valence-electron chi connectivity index (χ3n) is 3.69. The number of amides is 2. The van der Waals surface area contributed by atoms with Crippen molar-refractivity contribution in [3.8, 4) is 0 Å². The van der Waals surface area contributed by atoms with Crippen LogP contribution >= 0.6 is 0 Å². The molecule has 0 saturated carbocycles. The number of esters is 1. The molecule has 1 aliphatic heterocycles. The highest BCUT2D eigenvalue weighted by Crippen LogP contribution is 2.22. The molecule has 0 aliphatic carbocycles. The smallest absolute Gasteiger partial charge is 0.338 e. The number of hydrogen-bond acceptors (Lipinski definition) is 5. The molecule has 2 aromatic carbocycles. The number of carbonyl (C=O) groups excluding carboxylic acids is 3. The number of β-amino-alcohol motifs (C(OH)–C–C–N with tert-alkyl or cyclic N) is 1. The van der Waals surface area contributed by atoms with E-state index >= 15 is 0 Å². The van der Waals surface area contributed by atoms with E-state index in [0.717, 1.165) is 4.90 Å². The van der Waals surface area contributed by atoms with Crippen LogP contribution in [0.15, 0.2) is 54.6 Å². The maximum absolute atomic E-state index is 12.2. The summed E-state index contributed by atoms with van der Waals surface area (Å²) in [7, 11) is 0. The molecule has 122 valence electrons. The van der Waals surface area contributed by atoms with Crippen LogP contribution in [0.3, 0.4) is 0 Å². The van der Waals surface area contributed by atoms with Gasteiger partial charge in [0.2, 0.25) is 0 Å². The standard InChI is InChI=1S/C18H15NO5/c20-13(11-24-18(23)12-6-2-1-3-7-12)10-19-16(21)14-8-4-5-9-15(14)17(19)22/h1-9,13,20H,10-11H2/t13-/m1/s1. The summed E-state index contributed by atoms with van der Waals surface area (Å²) in [6.07, 6.45) is -1.15. The van der Waals surface area contributed by atoms with Crippen LogP contribution in [0.2, 0.25) is 0 Å². The Balaban J connectivity index is 1.58. The minimum atomic E-state index is -1.15. The second-order valence-electron chi connectivity index (χ2n) is 5.38. The quantitative estimate of drug-likeness (QED) is 0.665. The highest BCUT2D eigenvalue weighted by Gasteiger charge is 2.36. The van der Waals surface area contributed by atoms with Crippen molar-refractivity contribution >= 4 is 17.8 Å². The number of aliphatic hydroxyl groups excluding tert-OH is 1. The van der Waals surface area contributed by atoms with Crippen LogP contribution in [-0.2, 0) is 4.74 Å². The molecule has 6 heteroatoms. The van der Waals surface area contributed by atoms with Crippen LogP contribution < -0.4 is 0 Å². The first-order chi connectivity index (χ1) is 11.6. The van der Waals surface area contributed by atoms with Crippen molar-refractivity contribution in [2.75, 3.05) is 13.2 Å². The van der Waals surface area contributed by atoms with E-state index in [0.29, 0.717) is 16.7 Å². The fraction of sp³-hybridized carbons (Fsp3) is 0.167. The SMILES string of the molecule is O=C(OC[C@H](O)CN1C(=O)c2ccccc2C1=O)c1ccccc1. The molecule has 1 N–H and O–H groups in total. The van der Waals surface area contributed by atoms with Gasteiger partial charge in [-0.15, -0.1) is 0 Å². The third-order valence-corrected chi connectivity index (χ3v) is 3.69. The first kappa shape index (κ1) is 15.9. The highest BCUT2D eigenvalue weighted by atomic mass is 16.5. The first-order valence-corrected chi connectivity index (χ1v) is 7.43. The summed E-state index contributed by atoms with van der Waals surface area (Å²) in [6, 6.07) is 14.8. The van der Waals surface area contributed by atoms with Crippen LogP contribution in [0, 0.1) is 0 Å². The van der Waals surface area contributed by atoms with E-state index in [4.69, 9.17) is 4.74 Å². The lowest BCUT2D eigenvalue weighted by molar-refractivity contribution is 0.0169. The zero-order chi connectivity index (χ0) is 17.1. The maximum Gasteiger partial charge on any atom is 0.338 e. The van der Waals surface area contributed by atoms with Crippen molar-refractivity contribution in [2.45, 2.75) is 6.10 Å². The summed E-state index contributed by atoms with van der Waals surface area (Å²) < 4.78 is 5.01. The van der Waals surface area contributed by atoms with Crippen molar-refractivity contribution in [3.05, 3.63) is 71.3 Å². The third kappa shape index (κ3) is 3.04. The Bertz CT molecular complexity index is 752. The van der Waals surface area contributed by atoms with E-state index in [1.165, 1.54) is 0 Å². The molecule has 24 heavy (non-hydrogen) atoms. The van der Waals surface area contributed by atoms with E-state index in [-0.39, 0.29) is 13.2 Å². The number of imide groups is 1. The topological polar surface area (TPSA) is 83.9 Å². The fourth-order valence-electron chi connectivity index (χ4n) is 2.50. The Morgan fingerprint density at radius 3 is 2.08 bits per heavy atom. The molecule has 1 heterocycles. The molecule has 0 saturated heterocycles. The van der Waals surface area contributed by atoms with Gasteiger partial charge in [-0.3, -0.25) is 14.5 Å². The fourth-order valence-corrected chi connectivity index (χ4v) is 2.50. The van der Waals surface area contributed by atoms with Crippen LogP contribution in [0.25, 0.3) is 0 Å². The zero-order valence-electron chi connectivity index (χ0n) is 12.7. The highest BCUT2D eigenvalue weighted by molar-refractivity contribution is 6.21. The van der Waals surface area contributed by atoms with Gasteiger partial charge in [0, 0.05) is 0 Å². The van der Waals surface area contributed by atoms with Crippen molar-refractivity contribution in [3.63, 3.8) is 0 Å². The van der Waals surface area contributed by atoms with Gasteiger partial charge in [-0.05, 0) is 24.3 Å². The van der Waals surface area contributed by atoms with E-state index in [9.17, 15) is 19.5 Å². The van der Waals surface area contributed by atoms with Crippen LogP contribution in [-0.4, -0.2) is 47.0 Å². The van der Waals surface area contributed by atoms with Gasteiger partial charge in [-0.25, -0.2) is 4.79 Å². The number of rotatable bonds is 5. The van der Waals surface area contributed by atoms with Crippen LogP contribution in [0.4, 0.5) is 0 Å². The zero-order valence-corrected chi connectivity index (χ0v) is 12.7. The van der Waals surface area contributed by atoms with E-state index in [1.807, 2.05) is 0 Å². The first-order valence-electron chi connectivity index (χ1n) is 7.43. The minimum absolute atomic E-state index is 0.228. The van der Waals surface area contributed by atoms with Crippen molar-refractivity contribution in [2.24, 2.45) is 0 Å². The molecule has 1 aliphatic rings. The lowest BCUT2D eigenvalue weighted by atomic mass is 10.1. The average Bonchev–Trinajstić information content (AvgIpc) is 2.86. The Morgan fingerprint density at radius 1 is 0.958 bits per heavy atom. The summed E-state index contributed by atoms with van der Waals surface area (Å²) in [6.45, 7) is -0.532. The van der Waals surface area contributed by atoms with Gasteiger partial charge in [0.25, 0.3) is 11.8 Å². The lowest BCUT2D eigenvalue weighted by Crippen LogP contribution is -2.39. The van der Waals surface area contributed by atoms with Crippen molar-refractivity contribution in [1.29, 1.82) is 0 Å². The average molecular weight is 325 g/mol. The van der Waals surface area contributed by atoms with Gasteiger partial charge in [-0.1, -0.05) is 30.3 Å². The molecule has 3 rings (SSSR count). The van der Waals surface area contributed by atoms with Crippen molar-refractivity contribution < 1.29 is 24.2 Å². The Kier molecular flexibility index (Phi) is 4.39. The molecule has 0 fully saturated rings.